The molecule has 1 heterocycles. The quantitative estimate of drug-likeness (QED) is 0.631. The molecule has 0 radical (unpaired) electrons. The zero-order valence-electron chi connectivity index (χ0n) is 15.9. The number of nitrogens with zero attached hydrogens (tertiary/aromatic N) is 2. The molecule has 1 N–H and O–H groups in total. The zero-order valence-corrected chi connectivity index (χ0v) is 15.9. The van der Waals surface area contributed by atoms with Crippen molar-refractivity contribution in [3.8, 4) is 11.5 Å². The van der Waals surface area contributed by atoms with E-state index in [-0.39, 0.29) is 11.9 Å². The molecule has 0 unspecified atom stereocenters. The molecule has 144 valence electrons. The molecular formula is C21H21N3O4. The topological polar surface area (TPSA) is 86.5 Å². The maximum atomic E-state index is 12.1. The number of carbonyl (C=O) groups excluding carboxylic acids is 1. The number of benzene rings is 2. The Balaban J connectivity index is 1.60. The fraction of sp³-hybridized carbons (Fsp3) is 0.190. The van der Waals surface area contributed by atoms with Crippen LogP contribution in [-0.4, -0.2) is 30.3 Å². The first kappa shape index (κ1) is 19.2. The van der Waals surface area contributed by atoms with Crippen LogP contribution in [0.3, 0.4) is 0 Å². The van der Waals surface area contributed by atoms with Gasteiger partial charge in [0.25, 0.3) is 5.91 Å². The molecule has 2 aromatic carbocycles. The molecule has 0 aliphatic heterocycles. The molecule has 0 fully saturated rings. The van der Waals surface area contributed by atoms with E-state index in [2.05, 4.69) is 15.5 Å². The van der Waals surface area contributed by atoms with Crippen LogP contribution in [0.1, 0.15) is 22.6 Å². The van der Waals surface area contributed by atoms with E-state index in [1.54, 1.807) is 32.4 Å². The average molecular weight is 379 g/mol. The van der Waals surface area contributed by atoms with Crippen molar-refractivity contribution in [3.63, 3.8) is 0 Å². The molecule has 28 heavy (non-hydrogen) atoms. The average Bonchev–Trinajstić information content (AvgIpc) is 3.14. The Kier molecular flexibility index (Phi) is 6.06. The monoisotopic (exact) mass is 379 g/mol. The Morgan fingerprint density at radius 1 is 1.07 bits per heavy atom. The predicted molar refractivity (Wildman–Crippen MR) is 105 cm³/mol. The van der Waals surface area contributed by atoms with Gasteiger partial charge in [-0.05, 0) is 36.3 Å². The fourth-order valence-corrected chi connectivity index (χ4v) is 2.53. The van der Waals surface area contributed by atoms with Gasteiger partial charge in [-0.15, -0.1) is 5.10 Å². The first-order valence-electron chi connectivity index (χ1n) is 8.66. The second kappa shape index (κ2) is 8.85. The Hall–Kier alpha value is -3.61. The van der Waals surface area contributed by atoms with Crippen LogP contribution >= 0.6 is 0 Å². The van der Waals surface area contributed by atoms with E-state index in [0.29, 0.717) is 23.8 Å². The lowest BCUT2D eigenvalue weighted by atomic mass is 10.1. The van der Waals surface area contributed by atoms with Gasteiger partial charge in [-0.3, -0.25) is 10.1 Å². The zero-order chi connectivity index (χ0) is 19.9. The maximum Gasteiger partial charge on any atom is 0.322 e. The number of aryl methyl sites for hydroxylation is 1. The fourth-order valence-electron chi connectivity index (χ4n) is 2.53. The van der Waals surface area contributed by atoms with E-state index in [1.807, 2.05) is 37.3 Å². The lowest BCUT2D eigenvalue weighted by Crippen LogP contribution is -2.07. The second-order valence-electron chi connectivity index (χ2n) is 6.10. The highest BCUT2D eigenvalue weighted by molar-refractivity contribution is 6.00. The smallest absolute Gasteiger partial charge is 0.322 e. The number of carbonyl (C=O) groups is 1. The van der Waals surface area contributed by atoms with Gasteiger partial charge in [0.05, 0.1) is 20.6 Å². The standard InChI is InChI=1S/C21H21N3O4/c1-14-4-6-16(7-5-14)13-20-23-24-21(28-20)22-19(25)11-9-15-8-10-17(26-2)18(12-15)27-3/h4-12H,13H2,1-3H3,(H,22,24,25). The van der Waals surface area contributed by atoms with Gasteiger partial charge in [0, 0.05) is 6.08 Å². The van der Waals surface area contributed by atoms with Crippen LogP contribution in [0, 0.1) is 6.92 Å². The van der Waals surface area contributed by atoms with Gasteiger partial charge in [0.15, 0.2) is 11.5 Å². The number of hydrogen-bond donors (Lipinski definition) is 1. The van der Waals surface area contributed by atoms with Crippen molar-refractivity contribution in [2.24, 2.45) is 0 Å². The molecular weight excluding hydrogens is 358 g/mol. The van der Waals surface area contributed by atoms with Crippen molar-refractivity contribution in [2.75, 3.05) is 19.5 Å². The molecule has 0 aliphatic rings. The molecule has 0 saturated carbocycles. The highest BCUT2D eigenvalue weighted by atomic mass is 16.5. The minimum absolute atomic E-state index is 0.0593. The van der Waals surface area contributed by atoms with Crippen LogP contribution in [0.4, 0.5) is 6.01 Å². The van der Waals surface area contributed by atoms with Crippen molar-refractivity contribution in [1.29, 1.82) is 0 Å². The van der Waals surface area contributed by atoms with E-state index >= 15 is 0 Å². The number of aromatic nitrogens is 2. The molecule has 0 spiro atoms. The molecule has 0 saturated heterocycles. The summed E-state index contributed by atoms with van der Waals surface area (Å²) in [7, 11) is 3.13. The summed E-state index contributed by atoms with van der Waals surface area (Å²) in [5.74, 6) is 1.27. The molecule has 0 bridgehead atoms. The van der Waals surface area contributed by atoms with Crippen LogP contribution in [0.5, 0.6) is 11.5 Å². The predicted octanol–water partition coefficient (Wildman–Crippen LogP) is 3.64. The van der Waals surface area contributed by atoms with Crippen molar-refractivity contribution < 1.29 is 18.7 Å². The third-order valence-corrected chi connectivity index (χ3v) is 4.01. The Morgan fingerprint density at radius 2 is 1.82 bits per heavy atom. The minimum Gasteiger partial charge on any atom is -0.493 e. The maximum absolute atomic E-state index is 12.1. The minimum atomic E-state index is -0.375. The molecule has 0 aliphatic carbocycles. The molecule has 1 aromatic heterocycles. The summed E-state index contributed by atoms with van der Waals surface area (Å²) < 4.78 is 15.9. The van der Waals surface area contributed by atoms with Gasteiger partial charge >= 0.3 is 6.01 Å². The largest absolute Gasteiger partial charge is 0.493 e. The van der Waals surface area contributed by atoms with Crippen molar-refractivity contribution in [3.05, 3.63) is 71.1 Å². The highest BCUT2D eigenvalue weighted by Gasteiger charge is 2.09. The van der Waals surface area contributed by atoms with Gasteiger partial charge in [0.2, 0.25) is 5.89 Å². The number of methoxy groups -OCH3 is 2. The van der Waals surface area contributed by atoms with Gasteiger partial charge < -0.3 is 13.9 Å². The normalized spacial score (nSPS) is 10.8. The van der Waals surface area contributed by atoms with Gasteiger partial charge in [-0.25, -0.2) is 0 Å². The summed E-state index contributed by atoms with van der Waals surface area (Å²) in [5.41, 5.74) is 3.03. The SMILES string of the molecule is COc1ccc(C=CC(=O)Nc2nnc(Cc3ccc(C)cc3)o2)cc1OC. The first-order valence-corrected chi connectivity index (χ1v) is 8.66. The van der Waals surface area contributed by atoms with Crippen LogP contribution in [-0.2, 0) is 11.2 Å². The molecule has 3 rings (SSSR count). The summed E-state index contributed by atoms with van der Waals surface area (Å²) in [6.45, 7) is 2.03. The van der Waals surface area contributed by atoms with Crippen LogP contribution in [0.2, 0.25) is 0 Å². The number of amides is 1. The van der Waals surface area contributed by atoms with Crippen molar-refractivity contribution >= 4 is 18.0 Å². The second-order valence-corrected chi connectivity index (χ2v) is 6.10. The van der Waals surface area contributed by atoms with E-state index in [9.17, 15) is 4.79 Å². The molecule has 0 atom stereocenters. The van der Waals surface area contributed by atoms with E-state index in [4.69, 9.17) is 13.9 Å². The summed E-state index contributed by atoms with van der Waals surface area (Å²) >= 11 is 0. The van der Waals surface area contributed by atoms with E-state index < -0.39 is 0 Å². The molecule has 3 aromatic rings. The van der Waals surface area contributed by atoms with Crippen LogP contribution in [0.25, 0.3) is 6.08 Å². The lowest BCUT2D eigenvalue weighted by Gasteiger charge is -2.07. The van der Waals surface area contributed by atoms with Crippen LogP contribution in [0.15, 0.2) is 53.0 Å². The number of rotatable bonds is 7. The Labute approximate surface area is 163 Å². The summed E-state index contributed by atoms with van der Waals surface area (Å²) in [5, 5.41) is 10.4. The van der Waals surface area contributed by atoms with Gasteiger partial charge in [0.1, 0.15) is 0 Å². The van der Waals surface area contributed by atoms with E-state index in [0.717, 1.165) is 11.1 Å². The number of ether oxygens (including phenoxy) is 2. The molecule has 7 nitrogen and oxygen atoms in total. The Morgan fingerprint density at radius 3 is 2.54 bits per heavy atom. The molecule has 7 heteroatoms. The summed E-state index contributed by atoms with van der Waals surface area (Å²) in [6.07, 6.45) is 3.54. The molecule has 1 amide bonds. The summed E-state index contributed by atoms with van der Waals surface area (Å²) in [4.78, 5) is 12.1. The summed E-state index contributed by atoms with van der Waals surface area (Å²) in [6, 6.07) is 13.5. The number of hydrogen-bond acceptors (Lipinski definition) is 6. The van der Waals surface area contributed by atoms with Gasteiger partial charge in [-0.1, -0.05) is 41.0 Å². The number of anilines is 1. The number of nitrogens with one attached hydrogen (secondary N) is 1. The third kappa shape index (κ3) is 4.97. The van der Waals surface area contributed by atoms with Crippen molar-refractivity contribution in [2.45, 2.75) is 13.3 Å². The lowest BCUT2D eigenvalue weighted by molar-refractivity contribution is -0.112. The third-order valence-electron chi connectivity index (χ3n) is 4.01. The van der Waals surface area contributed by atoms with Crippen LogP contribution < -0.4 is 14.8 Å². The highest BCUT2D eigenvalue weighted by Crippen LogP contribution is 2.27. The van der Waals surface area contributed by atoms with Gasteiger partial charge in [-0.2, -0.15) is 0 Å². The Bertz CT molecular complexity index is 978. The van der Waals surface area contributed by atoms with Crippen molar-refractivity contribution in [1.82, 2.24) is 10.2 Å². The first-order chi connectivity index (χ1) is 13.6. The van der Waals surface area contributed by atoms with E-state index in [1.165, 1.54) is 11.6 Å².